The van der Waals surface area contributed by atoms with E-state index < -0.39 is 47.6 Å². The van der Waals surface area contributed by atoms with E-state index in [-0.39, 0.29) is 12.3 Å². The van der Waals surface area contributed by atoms with Crippen molar-refractivity contribution >= 4 is 18.2 Å². The molecule has 0 radical (unpaired) electrons. The second-order valence-electron chi connectivity index (χ2n) is 13.1. The van der Waals surface area contributed by atoms with E-state index >= 15 is 0 Å². The van der Waals surface area contributed by atoms with Gasteiger partial charge in [-0.25, -0.2) is 14.4 Å². The first-order valence-corrected chi connectivity index (χ1v) is 14.8. The van der Waals surface area contributed by atoms with Gasteiger partial charge in [0.15, 0.2) is 0 Å². The predicted molar refractivity (Wildman–Crippen MR) is 161 cm³/mol. The van der Waals surface area contributed by atoms with E-state index in [0.29, 0.717) is 19.4 Å². The standard InChI is InChI=1S/C34H47NO7/c1-23-17-19-25(20-18-23)21-27-15-12-16-28(35(31(37)41-33(3,4)5)32(38)42-34(6,7)8)30(36)40-24(2)29(27)39-22-26-13-10-9-11-14-26/h9-11,13-14,17-20,24,27-29H,12,15-16,21-22H2,1-8H3/t24-,27+,28-,29-/m0/s1. The maximum Gasteiger partial charge on any atom is 0.420 e. The molecule has 3 rings (SSSR count). The number of hydrogen-bond acceptors (Lipinski definition) is 7. The zero-order valence-corrected chi connectivity index (χ0v) is 26.3. The molecule has 0 N–H and O–H groups in total. The fourth-order valence-electron chi connectivity index (χ4n) is 5.04. The van der Waals surface area contributed by atoms with Crippen LogP contribution in [0.2, 0.25) is 0 Å². The monoisotopic (exact) mass is 581 g/mol. The van der Waals surface area contributed by atoms with Gasteiger partial charge in [0.1, 0.15) is 23.3 Å². The molecule has 1 heterocycles. The van der Waals surface area contributed by atoms with Crippen LogP contribution >= 0.6 is 0 Å². The van der Waals surface area contributed by atoms with E-state index in [4.69, 9.17) is 18.9 Å². The molecule has 0 unspecified atom stereocenters. The molecule has 1 fully saturated rings. The van der Waals surface area contributed by atoms with Gasteiger partial charge < -0.3 is 18.9 Å². The molecule has 8 nitrogen and oxygen atoms in total. The predicted octanol–water partition coefficient (Wildman–Crippen LogP) is 7.40. The van der Waals surface area contributed by atoms with Crippen molar-refractivity contribution in [3.8, 4) is 0 Å². The first-order chi connectivity index (χ1) is 19.6. The van der Waals surface area contributed by atoms with Crippen LogP contribution in [0.5, 0.6) is 0 Å². The van der Waals surface area contributed by atoms with Crippen molar-refractivity contribution in [1.29, 1.82) is 0 Å². The Hall–Kier alpha value is -3.39. The average molecular weight is 582 g/mol. The fraction of sp³-hybridized carbons (Fsp3) is 0.559. The third-order valence-electron chi connectivity index (χ3n) is 6.95. The summed E-state index contributed by atoms with van der Waals surface area (Å²) < 4.78 is 23.5. The van der Waals surface area contributed by atoms with Crippen LogP contribution in [0.1, 0.15) is 84.4 Å². The highest BCUT2D eigenvalue weighted by molar-refractivity contribution is 5.94. The Morgan fingerprint density at radius 1 is 0.857 bits per heavy atom. The molecule has 1 aliphatic heterocycles. The summed E-state index contributed by atoms with van der Waals surface area (Å²) in [5.74, 6) is -0.669. The number of rotatable bonds is 6. The molecule has 1 saturated heterocycles. The molecule has 42 heavy (non-hydrogen) atoms. The summed E-state index contributed by atoms with van der Waals surface area (Å²) in [4.78, 5) is 41.1. The summed E-state index contributed by atoms with van der Waals surface area (Å²) in [6.07, 6.45) is -0.759. The minimum atomic E-state index is -1.20. The molecule has 0 aromatic heterocycles. The number of carbonyl (C=O) groups is 3. The van der Waals surface area contributed by atoms with Crippen molar-refractivity contribution in [3.05, 3.63) is 71.3 Å². The Labute approximate surface area is 250 Å². The lowest BCUT2D eigenvalue weighted by molar-refractivity contribution is -0.165. The molecule has 8 heteroatoms. The molecule has 230 valence electrons. The number of benzene rings is 2. The number of imide groups is 1. The van der Waals surface area contributed by atoms with E-state index in [1.165, 1.54) is 5.56 Å². The van der Waals surface area contributed by atoms with Gasteiger partial charge in [0.2, 0.25) is 0 Å². The second-order valence-corrected chi connectivity index (χ2v) is 13.1. The van der Waals surface area contributed by atoms with Crippen LogP contribution in [-0.4, -0.2) is 52.5 Å². The zero-order chi connectivity index (χ0) is 31.1. The van der Waals surface area contributed by atoms with E-state index in [1.54, 1.807) is 41.5 Å². The first-order valence-electron chi connectivity index (χ1n) is 14.8. The highest BCUT2D eigenvalue weighted by Crippen LogP contribution is 2.30. The van der Waals surface area contributed by atoms with Gasteiger partial charge in [-0.1, -0.05) is 66.6 Å². The number of cyclic esters (lactones) is 1. The first kappa shape index (κ1) is 33.1. The minimum absolute atomic E-state index is 0.0227. The Kier molecular flexibility index (Phi) is 11.2. The zero-order valence-electron chi connectivity index (χ0n) is 26.3. The van der Waals surface area contributed by atoms with Crippen molar-refractivity contribution in [3.63, 3.8) is 0 Å². The number of amides is 2. The van der Waals surface area contributed by atoms with Gasteiger partial charge in [0.05, 0.1) is 12.7 Å². The number of esters is 1. The van der Waals surface area contributed by atoms with Crippen LogP contribution in [-0.2, 0) is 36.8 Å². The molecule has 0 aliphatic carbocycles. The van der Waals surface area contributed by atoms with Crippen molar-refractivity contribution < 1.29 is 33.3 Å². The number of hydrogen-bond donors (Lipinski definition) is 0. The third kappa shape index (κ3) is 10.2. The van der Waals surface area contributed by atoms with Crippen molar-refractivity contribution in [2.45, 2.75) is 117 Å². The lowest BCUT2D eigenvalue weighted by Gasteiger charge is -2.33. The number of aryl methyl sites for hydroxylation is 1. The summed E-state index contributed by atoms with van der Waals surface area (Å²) in [6.45, 7) is 14.4. The third-order valence-corrected chi connectivity index (χ3v) is 6.95. The quantitative estimate of drug-likeness (QED) is 0.259. The Morgan fingerprint density at radius 2 is 1.43 bits per heavy atom. The highest BCUT2D eigenvalue weighted by Gasteiger charge is 2.43. The van der Waals surface area contributed by atoms with Crippen LogP contribution in [0.25, 0.3) is 0 Å². The van der Waals surface area contributed by atoms with Crippen LogP contribution < -0.4 is 0 Å². The molecule has 0 bridgehead atoms. The normalized spacial score (nSPS) is 21.8. The smallest absolute Gasteiger partial charge is 0.420 e. The summed E-state index contributed by atoms with van der Waals surface area (Å²) in [6, 6.07) is 17.1. The molecule has 0 spiro atoms. The molecule has 2 aromatic carbocycles. The van der Waals surface area contributed by atoms with Gasteiger partial charge >= 0.3 is 18.2 Å². The highest BCUT2D eigenvalue weighted by atomic mass is 16.6. The number of ether oxygens (including phenoxy) is 4. The molecular formula is C34H47NO7. The van der Waals surface area contributed by atoms with Gasteiger partial charge in [-0.2, -0.15) is 4.90 Å². The topological polar surface area (TPSA) is 91.4 Å². The average Bonchev–Trinajstić information content (AvgIpc) is 2.92. The Balaban J connectivity index is 1.92. The second kappa shape index (κ2) is 14.2. The van der Waals surface area contributed by atoms with Gasteiger partial charge in [0, 0.05) is 0 Å². The van der Waals surface area contributed by atoms with E-state index in [0.717, 1.165) is 22.4 Å². The molecule has 1 aliphatic rings. The molecular weight excluding hydrogens is 534 g/mol. The molecule has 2 amide bonds. The van der Waals surface area contributed by atoms with E-state index in [2.05, 4.69) is 31.2 Å². The van der Waals surface area contributed by atoms with Gasteiger partial charge in [-0.05, 0) is 91.7 Å². The van der Waals surface area contributed by atoms with Crippen LogP contribution in [0.3, 0.4) is 0 Å². The Morgan fingerprint density at radius 3 is 1.98 bits per heavy atom. The molecule has 0 saturated carbocycles. The van der Waals surface area contributed by atoms with E-state index in [9.17, 15) is 14.4 Å². The van der Waals surface area contributed by atoms with Crippen LogP contribution in [0, 0.1) is 12.8 Å². The van der Waals surface area contributed by atoms with Crippen molar-refractivity contribution in [2.75, 3.05) is 0 Å². The SMILES string of the molecule is Cc1ccc(C[C@H]2CCC[C@H](N(C(=O)OC(C)(C)C)C(=O)OC(C)(C)C)C(=O)O[C@@H](C)[C@@H]2OCc2ccccc2)cc1. The number of nitrogens with zero attached hydrogens (tertiary/aromatic N) is 1. The van der Waals surface area contributed by atoms with E-state index in [1.807, 2.05) is 37.3 Å². The summed E-state index contributed by atoms with van der Waals surface area (Å²) in [7, 11) is 0. The Bertz CT molecular complexity index is 1150. The van der Waals surface area contributed by atoms with Crippen molar-refractivity contribution in [1.82, 2.24) is 4.90 Å². The summed E-state index contributed by atoms with van der Waals surface area (Å²) >= 11 is 0. The largest absolute Gasteiger partial charge is 0.458 e. The lowest BCUT2D eigenvalue weighted by atomic mass is 9.86. The van der Waals surface area contributed by atoms with Gasteiger partial charge in [0.25, 0.3) is 0 Å². The van der Waals surface area contributed by atoms with Gasteiger partial charge in [-0.15, -0.1) is 0 Å². The van der Waals surface area contributed by atoms with Crippen LogP contribution in [0.15, 0.2) is 54.6 Å². The summed E-state index contributed by atoms with van der Waals surface area (Å²) in [5.41, 5.74) is 1.59. The fourth-order valence-corrected chi connectivity index (χ4v) is 5.04. The maximum atomic E-state index is 13.7. The van der Waals surface area contributed by atoms with Crippen molar-refractivity contribution in [2.24, 2.45) is 5.92 Å². The maximum absolute atomic E-state index is 13.7. The number of carbonyl (C=O) groups excluding carboxylic acids is 3. The van der Waals surface area contributed by atoms with Gasteiger partial charge in [-0.3, -0.25) is 0 Å². The minimum Gasteiger partial charge on any atom is -0.458 e. The lowest BCUT2D eigenvalue weighted by Crippen LogP contribution is -2.53. The molecule has 4 atom stereocenters. The molecule has 2 aromatic rings. The van der Waals surface area contributed by atoms with Crippen LogP contribution in [0.4, 0.5) is 9.59 Å². The summed E-state index contributed by atoms with van der Waals surface area (Å²) in [5, 5.41) is 0.